The number of aliphatic carboxylic acids is 1. The van der Waals surface area contributed by atoms with Crippen molar-refractivity contribution in [2.45, 2.75) is 49.8 Å². The van der Waals surface area contributed by atoms with Gasteiger partial charge in [0.1, 0.15) is 6.04 Å². The van der Waals surface area contributed by atoms with Crippen LogP contribution >= 0.6 is 25.3 Å². The zero-order valence-electron chi connectivity index (χ0n) is 14.1. The van der Waals surface area contributed by atoms with Gasteiger partial charge in [0.2, 0.25) is 5.91 Å². The normalized spacial score (nSPS) is 12.8. The number of nitrogens with one attached hydrogen (secondary N) is 1. The summed E-state index contributed by atoms with van der Waals surface area (Å²) in [5, 5.41) is 12.2. The van der Waals surface area contributed by atoms with Crippen LogP contribution in [0.5, 0.6) is 0 Å². The Kier molecular flexibility index (Phi) is 14.0. The maximum atomic E-state index is 11.9. The van der Waals surface area contributed by atoms with Crippen LogP contribution in [0.2, 0.25) is 0 Å². The largest absolute Gasteiger partial charge is 0.480 e. The first-order valence-corrected chi connectivity index (χ1v) is 9.03. The van der Waals surface area contributed by atoms with Crippen LogP contribution in [0.15, 0.2) is 30.3 Å². The van der Waals surface area contributed by atoms with Gasteiger partial charge in [-0.05, 0) is 30.6 Å². The van der Waals surface area contributed by atoms with Crippen LogP contribution in [-0.4, -0.2) is 63.6 Å². The van der Waals surface area contributed by atoms with Crippen molar-refractivity contribution in [2.75, 3.05) is 5.75 Å². The van der Waals surface area contributed by atoms with Gasteiger partial charge in [-0.15, -0.1) is 0 Å². The second kappa shape index (κ2) is 14.1. The van der Waals surface area contributed by atoms with Gasteiger partial charge in [0.05, 0.1) is 0 Å². The van der Waals surface area contributed by atoms with Crippen LogP contribution in [0, 0.1) is 0 Å². The number of hydrogen-bond donors (Lipinski definition) is 4. The van der Waals surface area contributed by atoms with E-state index in [0.717, 1.165) is 37.0 Å². The fourth-order valence-electron chi connectivity index (χ4n) is 2.28. The van der Waals surface area contributed by atoms with Crippen LogP contribution in [0.4, 0.5) is 0 Å². The molecule has 0 aromatic heterocycles. The molecule has 1 radical (unpaired) electrons. The Morgan fingerprint density at radius 2 is 1.79 bits per heavy atom. The number of hydrogen-bond acceptors (Lipinski definition) is 4. The number of carboxylic acid groups (broad SMARTS) is 1. The van der Waals surface area contributed by atoms with Gasteiger partial charge in [-0.25, -0.2) is 4.79 Å². The van der Waals surface area contributed by atoms with Crippen molar-refractivity contribution in [3.8, 4) is 0 Å². The second-order valence-electron chi connectivity index (χ2n) is 5.56. The van der Waals surface area contributed by atoms with Gasteiger partial charge in [0.15, 0.2) is 0 Å². The van der Waals surface area contributed by atoms with Gasteiger partial charge in [0, 0.05) is 47.6 Å². The SMILES string of the molecule is O=C(CCCCC(S)CCS)N[C@@H](Cc1ccccc1)C(=O)O.[Na]. The molecule has 7 heteroatoms. The van der Waals surface area contributed by atoms with Crippen molar-refractivity contribution >= 4 is 66.7 Å². The van der Waals surface area contributed by atoms with Gasteiger partial charge < -0.3 is 10.4 Å². The number of thiol groups is 2. The minimum atomic E-state index is -1.01. The smallest absolute Gasteiger partial charge is 0.326 e. The molecule has 2 N–H and O–H groups in total. The Labute approximate surface area is 177 Å². The molecule has 0 heterocycles. The van der Waals surface area contributed by atoms with Crippen molar-refractivity contribution in [2.24, 2.45) is 0 Å². The third-order valence-corrected chi connectivity index (χ3v) is 4.34. The molecule has 1 aromatic rings. The van der Waals surface area contributed by atoms with Crippen molar-refractivity contribution in [1.82, 2.24) is 5.32 Å². The van der Waals surface area contributed by atoms with Crippen LogP contribution in [-0.2, 0) is 16.0 Å². The summed E-state index contributed by atoms with van der Waals surface area (Å²) in [6.45, 7) is 0. The van der Waals surface area contributed by atoms with Gasteiger partial charge in [-0.3, -0.25) is 4.79 Å². The number of rotatable bonds is 11. The first kappa shape index (κ1) is 23.9. The topological polar surface area (TPSA) is 66.4 Å². The predicted molar refractivity (Wildman–Crippen MR) is 105 cm³/mol. The van der Waals surface area contributed by atoms with Gasteiger partial charge in [-0.2, -0.15) is 25.3 Å². The van der Waals surface area contributed by atoms with E-state index in [9.17, 15) is 14.7 Å². The quantitative estimate of drug-likeness (QED) is 0.272. The molecule has 1 aromatic carbocycles. The maximum absolute atomic E-state index is 11.9. The Hall–Kier alpha value is -0.140. The molecule has 129 valence electrons. The predicted octanol–water partition coefficient (Wildman–Crippen LogP) is 2.60. The van der Waals surface area contributed by atoms with E-state index in [0.29, 0.717) is 18.1 Å². The Bertz CT molecular complexity index is 488. The summed E-state index contributed by atoms with van der Waals surface area (Å²) in [5.41, 5.74) is 0.893. The standard InChI is InChI=1S/C17H25NO3S2.Na/c19-16(9-5-4-8-14(23)10-11-22)18-15(17(20)21)12-13-6-2-1-3-7-13;/h1-3,6-7,14-15,22-23H,4-5,8-12H2,(H,18,19)(H,20,21);/t14?,15-;/m0./s1. The molecule has 0 aliphatic heterocycles. The minimum absolute atomic E-state index is 0. The number of carbonyl (C=O) groups is 2. The first-order valence-electron chi connectivity index (χ1n) is 7.88. The summed E-state index contributed by atoms with van der Waals surface area (Å²) in [7, 11) is 0. The van der Waals surface area contributed by atoms with Crippen molar-refractivity contribution in [1.29, 1.82) is 0 Å². The molecular weight excluding hydrogens is 353 g/mol. The third-order valence-electron chi connectivity index (χ3n) is 3.57. The third kappa shape index (κ3) is 10.7. The van der Waals surface area contributed by atoms with Gasteiger partial charge in [0.25, 0.3) is 0 Å². The molecule has 0 saturated heterocycles. The van der Waals surface area contributed by atoms with Gasteiger partial charge >= 0.3 is 5.97 Å². The average molecular weight is 379 g/mol. The molecule has 0 spiro atoms. The van der Waals surface area contributed by atoms with Crippen LogP contribution in [0.1, 0.15) is 37.7 Å². The molecule has 0 aliphatic carbocycles. The zero-order valence-corrected chi connectivity index (χ0v) is 17.9. The summed E-state index contributed by atoms with van der Waals surface area (Å²) < 4.78 is 0. The summed E-state index contributed by atoms with van der Waals surface area (Å²) in [6, 6.07) is 8.42. The van der Waals surface area contributed by atoms with Crippen LogP contribution in [0.25, 0.3) is 0 Å². The first-order chi connectivity index (χ1) is 11.0. The van der Waals surface area contributed by atoms with E-state index in [1.54, 1.807) is 0 Å². The van der Waals surface area contributed by atoms with Crippen LogP contribution in [0.3, 0.4) is 0 Å². The molecule has 1 unspecified atom stereocenters. The summed E-state index contributed by atoms with van der Waals surface area (Å²) >= 11 is 8.61. The van der Waals surface area contributed by atoms with E-state index < -0.39 is 12.0 Å². The number of amides is 1. The Morgan fingerprint density at radius 3 is 2.38 bits per heavy atom. The fraction of sp³-hybridized carbons (Fsp3) is 0.529. The van der Waals surface area contributed by atoms with E-state index in [-0.39, 0.29) is 35.5 Å². The molecular formula is C17H25NNaO3S2. The van der Waals surface area contributed by atoms with E-state index in [1.807, 2.05) is 30.3 Å². The fourth-order valence-corrected chi connectivity index (χ4v) is 3.10. The molecule has 4 nitrogen and oxygen atoms in total. The minimum Gasteiger partial charge on any atom is -0.480 e. The molecule has 1 rings (SSSR count). The number of carbonyl (C=O) groups excluding carboxylic acids is 1. The average Bonchev–Trinajstić information content (AvgIpc) is 2.52. The number of benzene rings is 1. The van der Waals surface area contributed by atoms with E-state index in [2.05, 4.69) is 30.6 Å². The molecule has 1 amide bonds. The monoisotopic (exact) mass is 378 g/mol. The Morgan fingerprint density at radius 1 is 1.12 bits per heavy atom. The van der Waals surface area contributed by atoms with E-state index >= 15 is 0 Å². The molecule has 0 aliphatic rings. The Balaban J connectivity index is 0.00000529. The summed E-state index contributed by atoms with van der Waals surface area (Å²) in [5.74, 6) is -0.404. The van der Waals surface area contributed by atoms with Crippen molar-refractivity contribution < 1.29 is 14.7 Å². The summed E-state index contributed by atoms with van der Waals surface area (Å²) in [4.78, 5) is 23.2. The second-order valence-corrected chi connectivity index (χ2v) is 6.74. The maximum Gasteiger partial charge on any atom is 0.326 e. The van der Waals surface area contributed by atoms with E-state index in [1.165, 1.54) is 0 Å². The van der Waals surface area contributed by atoms with Crippen molar-refractivity contribution in [3.05, 3.63) is 35.9 Å². The molecule has 0 bridgehead atoms. The van der Waals surface area contributed by atoms with E-state index in [4.69, 9.17) is 0 Å². The molecule has 0 fully saturated rings. The van der Waals surface area contributed by atoms with Gasteiger partial charge in [-0.1, -0.05) is 36.8 Å². The zero-order chi connectivity index (χ0) is 17.1. The molecule has 2 atom stereocenters. The number of unbranched alkanes of at least 4 members (excludes halogenated alkanes) is 1. The summed E-state index contributed by atoms with van der Waals surface area (Å²) in [6.07, 6.45) is 4.20. The molecule has 0 saturated carbocycles. The molecule has 24 heavy (non-hydrogen) atoms. The van der Waals surface area contributed by atoms with Crippen molar-refractivity contribution in [3.63, 3.8) is 0 Å². The number of carboxylic acids is 1. The van der Waals surface area contributed by atoms with Crippen LogP contribution < -0.4 is 5.32 Å².